The van der Waals surface area contributed by atoms with Crippen LogP contribution in [0.15, 0.2) is 30.7 Å². The topological polar surface area (TPSA) is 69.6 Å². The van der Waals surface area contributed by atoms with Crippen molar-refractivity contribution in [1.82, 2.24) is 19.5 Å². The van der Waals surface area contributed by atoms with E-state index in [0.29, 0.717) is 17.6 Å². The number of nitrogens with zero attached hydrogens (tertiary/aromatic N) is 4. The minimum atomic E-state index is -0.502. The van der Waals surface area contributed by atoms with Gasteiger partial charge >= 0.3 is 0 Å². The first-order chi connectivity index (χ1) is 9.15. The highest BCUT2D eigenvalue weighted by atomic mass is 35.5. The molecule has 0 fully saturated rings. The van der Waals surface area contributed by atoms with E-state index in [0.717, 1.165) is 5.69 Å². The van der Waals surface area contributed by atoms with Gasteiger partial charge in [0.1, 0.15) is 12.1 Å². The molecule has 3 aromatic rings. The quantitative estimate of drug-likeness (QED) is 0.780. The lowest BCUT2D eigenvalue weighted by Gasteiger charge is -2.05. The molecule has 2 heterocycles. The molecule has 3 rings (SSSR count). The molecule has 0 saturated carbocycles. The van der Waals surface area contributed by atoms with Crippen LogP contribution in [-0.2, 0) is 6.54 Å². The van der Waals surface area contributed by atoms with Gasteiger partial charge in [-0.25, -0.2) is 19.3 Å². The van der Waals surface area contributed by atoms with E-state index < -0.39 is 5.82 Å². The standard InChI is InChI=1S/C12H9ClFN5/c13-8-3-10-11(4-9(8)14)19(12(15)18-10)5-7-1-2-16-6-17-7/h1-4,6H,5H2,(H2,15,18). The zero-order valence-electron chi connectivity index (χ0n) is 9.72. The van der Waals surface area contributed by atoms with E-state index in [1.807, 2.05) is 0 Å². The fraction of sp³-hybridized carbons (Fsp3) is 0.0833. The molecular weight excluding hydrogens is 269 g/mol. The van der Waals surface area contributed by atoms with E-state index in [-0.39, 0.29) is 11.0 Å². The molecule has 0 radical (unpaired) electrons. The number of imidazole rings is 1. The molecule has 19 heavy (non-hydrogen) atoms. The molecule has 2 aromatic heterocycles. The highest BCUT2D eigenvalue weighted by molar-refractivity contribution is 6.31. The summed E-state index contributed by atoms with van der Waals surface area (Å²) in [5, 5.41) is 0.0270. The fourth-order valence-electron chi connectivity index (χ4n) is 1.88. The number of nitrogen functional groups attached to an aromatic ring is 1. The third kappa shape index (κ3) is 2.10. The Balaban J connectivity index is 2.13. The molecule has 0 aliphatic heterocycles. The zero-order chi connectivity index (χ0) is 13.4. The maximum atomic E-state index is 13.5. The SMILES string of the molecule is Nc1nc2cc(Cl)c(F)cc2n1Cc1ccncn1. The molecule has 7 heteroatoms. The second-order valence-electron chi connectivity index (χ2n) is 4.01. The van der Waals surface area contributed by atoms with Gasteiger partial charge in [-0.2, -0.15) is 0 Å². The summed E-state index contributed by atoms with van der Waals surface area (Å²) in [5.74, 6) is -0.215. The molecule has 0 spiro atoms. The van der Waals surface area contributed by atoms with Crippen LogP contribution in [-0.4, -0.2) is 19.5 Å². The molecule has 0 amide bonds. The molecular formula is C12H9ClFN5. The monoisotopic (exact) mass is 277 g/mol. The van der Waals surface area contributed by atoms with Crippen LogP contribution in [0, 0.1) is 5.82 Å². The number of hydrogen-bond donors (Lipinski definition) is 1. The second-order valence-corrected chi connectivity index (χ2v) is 4.42. The van der Waals surface area contributed by atoms with Crippen LogP contribution >= 0.6 is 11.6 Å². The first-order valence-electron chi connectivity index (χ1n) is 5.51. The minimum absolute atomic E-state index is 0.0270. The van der Waals surface area contributed by atoms with E-state index in [9.17, 15) is 4.39 Å². The zero-order valence-corrected chi connectivity index (χ0v) is 10.5. The lowest BCUT2D eigenvalue weighted by atomic mass is 10.3. The van der Waals surface area contributed by atoms with Crippen molar-refractivity contribution in [2.45, 2.75) is 6.54 Å². The molecule has 0 saturated heterocycles. The van der Waals surface area contributed by atoms with Gasteiger partial charge in [0.25, 0.3) is 0 Å². The van der Waals surface area contributed by atoms with Gasteiger partial charge in [-0.1, -0.05) is 11.6 Å². The summed E-state index contributed by atoms with van der Waals surface area (Å²) in [6, 6.07) is 4.54. The van der Waals surface area contributed by atoms with Crippen LogP contribution in [0.1, 0.15) is 5.69 Å². The Hall–Kier alpha value is -2.21. The summed E-state index contributed by atoms with van der Waals surface area (Å²) in [6.07, 6.45) is 3.08. The van der Waals surface area contributed by atoms with Crippen molar-refractivity contribution in [1.29, 1.82) is 0 Å². The van der Waals surface area contributed by atoms with Gasteiger partial charge in [-0.15, -0.1) is 0 Å². The highest BCUT2D eigenvalue weighted by Crippen LogP contribution is 2.25. The lowest BCUT2D eigenvalue weighted by Crippen LogP contribution is -2.06. The Kier molecular flexibility index (Phi) is 2.79. The number of benzene rings is 1. The summed E-state index contributed by atoms with van der Waals surface area (Å²) in [4.78, 5) is 12.1. The molecule has 5 nitrogen and oxygen atoms in total. The Bertz CT molecular complexity index is 741. The summed E-state index contributed by atoms with van der Waals surface area (Å²) in [7, 11) is 0. The third-order valence-corrected chi connectivity index (χ3v) is 3.07. The molecule has 2 N–H and O–H groups in total. The van der Waals surface area contributed by atoms with E-state index in [2.05, 4.69) is 15.0 Å². The van der Waals surface area contributed by atoms with Crippen molar-refractivity contribution < 1.29 is 4.39 Å². The predicted octanol–water partition coefficient (Wildman–Crippen LogP) is 2.25. The number of rotatable bonds is 2. The lowest BCUT2D eigenvalue weighted by molar-refractivity contribution is 0.629. The van der Waals surface area contributed by atoms with Gasteiger partial charge in [0.05, 0.1) is 28.3 Å². The smallest absolute Gasteiger partial charge is 0.201 e. The minimum Gasteiger partial charge on any atom is -0.369 e. The number of aromatic nitrogens is 4. The normalized spacial score (nSPS) is 11.1. The van der Waals surface area contributed by atoms with Crippen molar-refractivity contribution in [3.63, 3.8) is 0 Å². The molecule has 0 atom stereocenters. The van der Waals surface area contributed by atoms with Gasteiger partial charge in [-0.05, 0) is 12.1 Å². The summed E-state index contributed by atoms with van der Waals surface area (Å²) >= 11 is 5.72. The van der Waals surface area contributed by atoms with Crippen molar-refractivity contribution in [2.75, 3.05) is 5.73 Å². The van der Waals surface area contributed by atoms with Crippen LogP contribution in [0.4, 0.5) is 10.3 Å². The van der Waals surface area contributed by atoms with Crippen molar-refractivity contribution in [2.24, 2.45) is 0 Å². The summed E-state index contributed by atoms with van der Waals surface area (Å²) in [5.41, 5.74) is 7.74. The van der Waals surface area contributed by atoms with Gasteiger partial charge in [0, 0.05) is 12.3 Å². The van der Waals surface area contributed by atoms with Crippen LogP contribution in [0.25, 0.3) is 11.0 Å². The molecule has 0 bridgehead atoms. The number of anilines is 1. The summed E-state index contributed by atoms with van der Waals surface area (Å²) in [6.45, 7) is 0.395. The van der Waals surface area contributed by atoms with Gasteiger partial charge in [0.2, 0.25) is 5.95 Å². The van der Waals surface area contributed by atoms with Crippen LogP contribution in [0.2, 0.25) is 5.02 Å². The highest BCUT2D eigenvalue weighted by Gasteiger charge is 2.12. The third-order valence-electron chi connectivity index (χ3n) is 2.78. The van der Waals surface area contributed by atoms with E-state index in [1.165, 1.54) is 18.5 Å². The average Bonchev–Trinajstić information content (AvgIpc) is 2.68. The Morgan fingerprint density at radius 1 is 1.37 bits per heavy atom. The van der Waals surface area contributed by atoms with Crippen molar-refractivity contribution in [3.8, 4) is 0 Å². The predicted molar refractivity (Wildman–Crippen MR) is 70.2 cm³/mol. The van der Waals surface area contributed by atoms with Crippen molar-refractivity contribution in [3.05, 3.63) is 47.3 Å². The van der Waals surface area contributed by atoms with Gasteiger partial charge in [-0.3, -0.25) is 0 Å². The molecule has 0 aliphatic rings. The number of hydrogen-bond acceptors (Lipinski definition) is 4. The molecule has 0 aliphatic carbocycles. The number of halogens is 2. The Labute approximate surface area is 112 Å². The average molecular weight is 278 g/mol. The Morgan fingerprint density at radius 3 is 2.95 bits per heavy atom. The summed E-state index contributed by atoms with van der Waals surface area (Å²) < 4.78 is 15.2. The fourth-order valence-corrected chi connectivity index (χ4v) is 2.04. The first kappa shape index (κ1) is 11.9. The maximum Gasteiger partial charge on any atom is 0.201 e. The number of fused-ring (bicyclic) bond motifs is 1. The second kappa shape index (κ2) is 4.47. The van der Waals surface area contributed by atoms with Crippen molar-refractivity contribution >= 4 is 28.6 Å². The molecule has 0 unspecified atom stereocenters. The first-order valence-corrected chi connectivity index (χ1v) is 5.88. The number of nitrogens with two attached hydrogens (primary N) is 1. The van der Waals surface area contributed by atoms with E-state index in [4.69, 9.17) is 17.3 Å². The van der Waals surface area contributed by atoms with Crippen LogP contribution < -0.4 is 5.73 Å². The molecule has 96 valence electrons. The van der Waals surface area contributed by atoms with E-state index in [1.54, 1.807) is 16.8 Å². The Morgan fingerprint density at radius 2 is 2.21 bits per heavy atom. The largest absolute Gasteiger partial charge is 0.369 e. The van der Waals surface area contributed by atoms with Gasteiger partial charge in [0.15, 0.2) is 0 Å². The van der Waals surface area contributed by atoms with Gasteiger partial charge < -0.3 is 10.3 Å². The molecule has 1 aromatic carbocycles. The van der Waals surface area contributed by atoms with Crippen LogP contribution in [0.5, 0.6) is 0 Å². The van der Waals surface area contributed by atoms with E-state index >= 15 is 0 Å². The maximum absolute atomic E-state index is 13.5. The van der Waals surface area contributed by atoms with Crippen LogP contribution in [0.3, 0.4) is 0 Å².